The Balaban J connectivity index is 1.89. The largest absolute Gasteiger partial charge is 0.333 e. The number of aromatic nitrogens is 2. The van der Waals surface area contributed by atoms with Crippen LogP contribution in [0.25, 0.3) is 16.6 Å². The molecular weight excluding hydrogens is 422 g/mol. The van der Waals surface area contributed by atoms with Crippen LogP contribution in [0, 0.1) is 11.8 Å². The van der Waals surface area contributed by atoms with Crippen molar-refractivity contribution < 1.29 is 4.79 Å². The minimum absolute atomic E-state index is 0.0783. The Morgan fingerprint density at radius 3 is 2.44 bits per heavy atom. The van der Waals surface area contributed by atoms with Crippen LogP contribution in [0.15, 0.2) is 53.3 Å². The van der Waals surface area contributed by atoms with E-state index in [1.807, 2.05) is 54.3 Å². The van der Waals surface area contributed by atoms with Crippen LogP contribution in [0.4, 0.5) is 0 Å². The molecule has 1 aromatic heterocycles. The Bertz CT molecular complexity index is 1210. The van der Waals surface area contributed by atoms with Gasteiger partial charge in [-0.1, -0.05) is 63.9 Å². The summed E-state index contributed by atoms with van der Waals surface area (Å²) >= 11 is 0. The van der Waals surface area contributed by atoms with E-state index in [2.05, 4.69) is 26.8 Å². The van der Waals surface area contributed by atoms with E-state index in [1.165, 1.54) is 0 Å². The molecule has 1 saturated carbocycles. The van der Waals surface area contributed by atoms with Gasteiger partial charge in [-0.15, -0.1) is 0 Å². The van der Waals surface area contributed by atoms with Crippen molar-refractivity contribution in [1.29, 1.82) is 0 Å². The smallest absolute Gasteiger partial charge is 0.266 e. The number of benzene rings is 2. The van der Waals surface area contributed by atoms with Gasteiger partial charge in [0.05, 0.1) is 22.6 Å². The van der Waals surface area contributed by atoms with Crippen molar-refractivity contribution in [3.05, 3.63) is 70.3 Å². The van der Waals surface area contributed by atoms with Gasteiger partial charge in [-0.25, -0.2) is 4.98 Å². The molecule has 1 heterocycles. The standard InChI is InChI=1S/C29H37N3O2/c1-5-22-12-8-11-17-26(22)32-27(30-25-16-10-9-15-24(25)29(32)34)21(4)31(19-18-20(2)3)28(33)23-13-6-7-14-23/h8-12,15-17,20-21,23H,5-7,13-14,18-19H2,1-4H3. The van der Waals surface area contributed by atoms with Gasteiger partial charge < -0.3 is 4.90 Å². The van der Waals surface area contributed by atoms with Crippen LogP contribution in [0.3, 0.4) is 0 Å². The molecule has 1 fully saturated rings. The number of para-hydroxylation sites is 2. The summed E-state index contributed by atoms with van der Waals surface area (Å²) in [5.41, 5.74) is 2.54. The first kappa shape index (κ1) is 24.2. The molecule has 0 spiro atoms. The molecule has 1 atom stereocenters. The van der Waals surface area contributed by atoms with Crippen LogP contribution < -0.4 is 5.56 Å². The summed E-state index contributed by atoms with van der Waals surface area (Å²) in [5.74, 6) is 1.42. The Kier molecular flexibility index (Phi) is 7.50. The number of aryl methyl sites for hydroxylation is 1. The average Bonchev–Trinajstić information content (AvgIpc) is 3.39. The summed E-state index contributed by atoms with van der Waals surface area (Å²) in [4.78, 5) is 34.6. The second kappa shape index (κ2) is 10.5. The van der Waals surface area contributed by atoms with Crippen LogP contribution in [0.5, 0.6) is 0 Å². The van der Waals surface area contributed by atoms with Crippen LogP contribution in [0.1, 0.15) is 77.2 Å². The molecule has 4 rings (SSSR count). The molecule has 1 unspecified atom stereocenters. The van der Waals surface area contributed by atoms with Gasteiger partial charge in [0.2, 0.25) is 5.91 Å². The highest BCUT2D eigenvalue weighted by Gasteiger charge is 2.32. The lowest BCUT2D eigenvalue weighted by molar-refractivity contribution is -0.138. The monoisotopic (exact) mass is 459 g/mol. The zero-order valence-corrected chi connectivity index (χ0v) is 21.0. The van der Waals surface area contributed by atoms with Crippen LogP contribution in [-0.4, -0.2) is 26.9 Å². The zero-order valence-electron chi connectivity index (χ0n) is 21.0. The molecule has 0 saturated heterocycles. The second-order valence-corrected chi connectivity index (χ2v) is 9.98. The first-order valence-corrected chi connectivity index (χ1v) is 12.8. The van der Waals surface area contributed by atoms with Gasteiger partial charge >= 0.3 is 0 Å². The van der Waals surface area contributed by atoms with Crippen LogP contribution in [0.2, 0.25) is 0 Å². The third kappa shape index (κ3) is 4.79. The molecular formula is C29H37N3O2. The highest BCUT2D eigenvalue weighted by atomic mass is 16.2. The number of hydrogen-bond acceptors (Lipinski definition) is 3. The van der Waals surface area contributed by atoms with Crippen molar-refractivity contribution in [3.63, 3.8) is 0 Å². The number of carbonyl (C=O) groups excluding carboxylic acids is 1. The molecule has 0 bridgehead atoms. The maximum absolute atomic E-state index is 13.9. The minimum Gasteiger partial charge on any atom is -0.333 e. The maximum atomic E-state index is 13.9. The first-order chi connectivity index (χ1) is 16.4. The molecule has 3 aromatic rings. The zero-order chi connectivity index (χ0) is 24.2. The fraction of sp³-hybridized carbons (Fsp3) is 0.483. The summed E-state index contributed by atoms with van der Waals surface area (Å²) in [6.07, 6.45) is 5.88. The maximum Gasteiger partial charge on any atom is 0.266 e. The van der Waals surface area contributed by atoms with Gasteiger partial charge in [-0.05, 0) is 62.3 Å². The predicted octanol–water partition coefficient (Wildman–Crippen LogP) is 6.07. The Morgan fingerprint density at radius 1 is 1.06 bits per heavy atom. The second-order valence-electron chi connectivity index (χ2n) is 9.98. The molecule has 1 amide bonds. The van der Waals surface area contributed by atoms with E-state index in [9.17, 15) is 9.59 Å². The fourth-order valence-electron chi connectivity index (χ4n) is 5.13. The van der Waals surface area contributed by atoms with Crippen LogP contribution >= 0.6 is 0 Å². The van der Waals surface area contributed by atoms with E-state index < -0.39 is 0 Å². The molecule has 180 valence electrons. The molecule has 34 heavy (non-hydrogen) atoms. The van der Waals surface area contributed by atoms with Gasteiger partial charge in [-0.3, -0.25) is 14.2 Å². The van der Waals surface area contributed by atoms with Gasteiger partial charge in [0.15, 0.2) is 0 Å². The van der Waals surface area contributed by atoms with E-state index in [0.29, 0.717) is 29.2 Å². The van der Waals surface area contributed by atoms with E-state index in [0.717, 1.165) is 49.8 Å². The number of amides is 1. The van der Waals surface area contributed by atoms with Gasteiger partial charge in [0.1, 0.15) is 5.82 Å². The summed E-state index contributed by atoms with van der Waals surface area (Å²) in [6.45, 7) is 9.18. The van der Waals surface area contributed by atoms with Gasteiger partial charge in [-0.2, -0.15) is 0 Å². The van der Waals surface area contributed by atoms with E-state index in [-0.39, 0.29) is 23.4 Å². The van der Waals surface area contributed by atoms with Gasteiger partial charge in [0, 0.05) is 12.5 Å². The van der Waals surface area contributed by atoms with Crippen molar-refractivity contribution in [2.24, 2.45) is 11.8 Å². The molecule has 1 aliphatic rings. The van der Waals surface area contributed by atoms with Crippen molar-refractivity contribution >= 4 is 16.8 Å². The average molecular weight is 460 g/mol. The number of carbonyl (C=O) groups is 1. The summed E-state index contributed by atoms with van der Waals surface area (Å²) < 4.78 is 1.76. The molecule has 0 aliphatic heterocycles. The van der Waals surface area contributed by atoms with Crippen molar-refractivity contribution in [2.45, 2.75) is 72.3 Å². The highest BCUT2D eigenvalue weighted by molar-refractivity contribution is 5.80. The Morgan fingerprint density at radius 2 is 1.74 bits per heavy atom. The van der Waals surface area contributed by atoms with E-state index in [4.69, 9.17) is 4.98 Å². The first-order valence-electron chi connectivity index (χ1n) is 12.8. The number of hydrogen-bond donors (Lipinski definition) is 0. The number of rotatable bonds is 8. The van der Waals surface area contributed by atoms with E-state index in [1.54, 1.807) is 4.57 Å². The van der Waals surface area contributed by atoms with Gasteiger partial charge in [0.25, 0.3) is 5.56 Å². The predicted molar refractivity (Wildman–Crippen MR) is 138 cm³/mol. The molecule has 0 radical (unpaired) electrons. The molecule has 1 aliphatic carbocycles. The van der Waals surface area contributed by atoms with Crippen molar-refractivity contribution in [3.8, 4) is 5.69 Å². The lowest BCUT2D eigenvalue weighted by Gasteiger charge is -2.33. The minimum atomic E-state index is -0.311. The van der Waals surface area contributed by atoms with Crippen LogP contribution in [-0.2, 0) is 11.2 Å². The molecule has 2 aromatic carbocycles. The highest BCUT2D eigenvalue weighted by Crippen LogP contribution is 2.31. The molecule has 0 N–H and O–H groups in total. The topological polar surface area (TPSA) is 55.2 Å². The lowest BCUT2D eigenvalue weighted by Crippen LogP contribution is -2.41. The lowest BCUT2D eigenvalue weighted by atomic mass is 10.0. The number of fused-ring (bicyclic) bond motifs is 1. The Hall–Kier alpha value is -2.95. The van der Waals surface area contributed by atoms with Crippen molar-refractivity contribution in [1.82, 2.24) is 14.5 Å². The number of nitrogens with zero attached hydrogens (tertiary/aromatic N) is 3. The molecule has 5 heteroatoms. The molecule has 5 nitrogen and oxygen atoms in total. The Labute approximate surface area is 202 Å². The SMILES string of the molecule is CCc1ccccc1-n1c(C(C)N(CCC(C)C)C(=O)C2CCCC2)nc2ccccc2c1=O. The summed E-state index contributed by atoms with van der Waals surface area (Å²) in [7, 11) is 0. The summed E-state index contributed by atoms with van der Waals surface area (Å²) in [6, 6.07) is 15.2. The fourth-order valence-corrected chi connectivity index (χ4v) is 5.13. The normalized spacial score (nSPS) is 15.2. The summed E-state index contributed by atoms with van der Waals surface area (Å²) in [5, 5.41) is 0.597. The third-order valence-corrected chi connectivity index (χ3v) is 7.19. The van der Waals surface area contributed by atoms with Crippen molar-refractivity contribution in [2.75, 3.05) is 6.54 Å². The van der Waals surface area contributed by atoms with E-state index >= 15 is 0 Å². The quantitative estimate of drug-likeness (QED) is 0.410. The third-order valence-electron chi connectivity index (χ3n) is 7.19.